The Labute approximate surface area is 195 Å². The lowest BCUT2D eigenvalue weighted by molar-refractivity contribution is -0.124. The highest BCUT2D eigenvalue weighted by Gasteiger charge is 2.31. The van der Waals surface area contributed by atoms with Gasteiger partial charge in [-0.15, -0.1) is 0 Å². The number of hydrogen-bond acceptors (Lipinski definition) is 5. The van der Waals surface area contributed by atoms with Crippen LogP contribution in [0.25, 0.3) is 6.08 Å². The van der Waals surface area contributed by atoms with Gasteiger partial charge in [0.25, 0.3) is 11.8 Å². The molecule has 2 N–H and O–H groups in total. The van der Waals surface area contributed by atoms with Crippen molar-refractivity contribution in [2.75, 3.05) is 6.54 Å². The van der Waals surface area contributed by atoms with Crippen molar-refractivity contribution < 1.29 is 14.4 Å². The summed E-state index contributed by atoms with van der Waals surface area (Å²) in [6.45, 7) is 2.33. The van der Waals surface area contributed by atoms with E-state index in [2.05, 4.69) is 10.9 Å². The van der Waals surface area contributed by atoms with E-state index in [0.29, 0.717) is 32.8 Å². The smallest absolute Gasteiger partial charge is 0.269 e. The number of amides is 3. The molecule has 3 amide bonds. The van der Waals surface area contributed by atoms with Crippen LogP contribution in [0.15, 0.2) is 53.4 Å². The van der Waals surface area contributed by atoms with Gasteiger partial charge in [0.2, 0.25) is 5.91 Å². The summed E-state index contributed by atoms with van der Waals surface area (Å²) in [7, 11) is 0. The van der Waals surface area contributed by atoms with Gasteiger partial charge in [0.05, 0.1) is 4.91 Å². The first kappa shape index (κ1) is 23.0. The lowest BCUT2D eigenvalue weighted by Gasteiger charge is -2.14. The maximum absolute atomic E-state index is 12.6. The van der Waals surface area contributed by atoms with Crippen molar-refractivity contribution in [2.45, 2.75) is 19.8 Å². The molecule has 3 rings (SSSR count). The topological polar surface area (TPSA) is 78.5 Å². The Bertz CT molecular complexity index is 1050. The Morgan fingerprint density at radius 3 is 2.61 bits per heavy atom. The fourth-order valence-corrected chi connectivity index (χ4v) is 4.29. The fourth-order valence-electron chi connectivity index (χ4n) is 2.80. The Kier molecular flexibility index (Phi) is 7.84. The number of carbonyl (C=O) groups excluding carboxylic acids is 3. The molecule has 1 aliphatic rings. The number of nitrogens with one attached hydrogen (secondary N) is 2. The average Bonchev–Trinajstić information content (AvgIpc) is 3.01. The van der Waals surface area contributed by atoms with Gasteiger partial charge in [0.15, 0.2) is 0 Å². The maximum Gasteiger partial charge on any atom is 0.269 e. The standard InChI is InChI=1S/C22H20ClN3O3S2/c1-14-7-9-15(10-8-14)12-18-21(29)26(22(30)31-18)11-3-6-19(27)24-25-20(28)16-4-2-5-17(23)13-16/h2,4-5,7-10,12-13H,3,6,11H2,1H3,(H,24,27)(H,25,28)/b18-12+. The van der Waals surface area contributed by atoms with Crippen molar-refractivity contribution in [2.24, 2.45) is 0 Å². The largest absolute Gasteiger partial charge is 0.293 e. The molecule has 0 radical (unpaired) electrons. The summed E-state index contributed by atoms with van der Waals surface area (Å²) < 4.78 is 0.470. The molecule has 0 atom stereocenters. The van der Waals surface area contributed by atoms with E-state index in [1.54, 1.807) is 18.2 Å². The van der Waals surface area contributed by atoms with E-state index in [0.717, 1.165) is 11.1 Å². The SMILES string of the molecule is Cc1ccc(/C=C2/SC(=S)N(CCCC(=O)NNC(=O)c3cccc(Cl)c3)C2=O)cc1. The molecule has 6 nitrogen and oxygen atoms in total. The van der Waals surface area contributed by atoms with Crippen molar-refractivity contribution in [3.05, 3.63) is 75.1 Å². The summed E-state index contributed by atoms with van der Waals surface area (Å²) in [6.07, 6.45) is 2.35. The highest BCUT2D eigenvalue weighted by molar-refractivity contribution is 8.26. The summed E-state index contributed by atoms with van der Waals surface area (Å²) in [5.74, 6) is -0.990. The first-order valence-corrected chi connectivity index (χ1v) is 11.1. The molecule has 0 aromatic heterocycles. The molecule has 1 heterocycles. The molecule has 160 valence electrons. The van der Waals surface area contributed by atoms with E-state index < -0.39 is 5.91 Å². The predicted molar refractivity (Wildman–Crippen MR) is 127 cm³/mol. The lowest BCUT2D eigenvalue weighted by Crippen LogP contribution is -2.41. The minimum absolute atomic E-state index is 0.129. The highest BCUT2D eigenvalue weighted by atomic mass is 35.5. The van der Waals surface area contributed by atoms with Gasteiger partial charge in [-0.3, -0.25) is 30.1 Å². The lowest BCUT2D eigenvalue weighted by atomic mass is 10.1. The third kappa shape index (κ3) is 6.40. The molecule has 0 unspecified atom stereocenters. The molecule has 0 aliphatic carbocycles. The second-order valence-electron chi connectivity index (χ2n) is 6.86. The number of nitrogens with zero attached hydrogens (tertiary/aromatic N) is 1. The van der Waals surface area contributed by atoms with E-state index in [1.165, 1.54) is 22.7 Å². The van der Waals surface area contributed by atoms with E-state index in [1.807, 2.05) is 37.3 Å². The van der Waals surface area contributed by atoms with Crippen LogP contribution in [0, 0.1) is 6.92 Å². The first-order chi connectivity index (χ1) is 14.8. The number of hydrogen-bond donors (Lipinski definition) is 2. The Balaban J connectivity index is 1.46. The second kappa shape index (κ2) is 10.6. The van der Waals surface area contributed by atoms with Crippen molar-refractivity contribution in [3.8, 4) is 0 Å². The summed E-state index contributed by atoms with van der Waals surface area (Å²) >= 11 is 12.4. The Morgan fingerprint density at radius 1 is 1.16 bits per heavy atom. The Morgan fingerprint density at radius 2 is 1.90 bits per heavy atom. The van der Waals surface area contributed by atoms with Crippen LogP contribution in [0.2, 0.25) is 5.02 Å². The van der Waals surface area contributed by atoms with E-state index in [-0.39, 0.29) is 18.2 Å². The Hall–Kier alpha value is -2.68. The van der Waals surface area contributed by atoms with Gasteiger partial charge in [-0.1, -0.05) is 71.5 Å². The van der Waals surface area contributed by atoms with Gasteiger partial charge in [0.1, 0.15) is 4.32 Å². The molecular weight excluding hydrogens is 454 g/mol. The summed E-state index contributed by atoms with van der Waals surface area (Å²) in [4.78, 5) is 38.7. The molecule has 1 saturated heterocycles. The third-order valence-electron chi connectivity index (χ3n) is 4.44. The molecule has 2 aromatic rings. The number of thiocarbonyl (C=S) groups is 1. The minimum Gasteiger partial charge on any atom is -0.293 e. The molecule has 2 aromatic carbocycles. The van der Waals surface area contributed by atoms with Crippen LogP contribution in [-0.4, -0.2) is 33.5 Å². The number of hydrazine groups is 1. The van der Waals surface area contributed by atoms with Crippen LogP contribution in [0.5, 0.6) is 0 Å². The monoisotopic (exact) mass is 473 g/mol. The molecule has 9 heteroatoms. The minimum atomic E-state index is -0.464. The van der Waals surface area contributed by atoms with Crippen LogP contribution in [0.4, 0.5) is 0 Å². The quantitative estimate of drug-likeness (QED) is 0.375. The number of halogens is 1. The van der Waals surface area contributed by atoms with Gasteiger partial charge in [-0.05, 0) is 43.2 Å². The number of benzene rings is 2. The van der Waals surface area contributed by atoms with Crippen molar-refractivity contribution in [1.82, 2.24) is 15.8 Å². The van der Waals surface area contributed by atoms with Gasteiger partial charge in [-0.25, -0.2) is 0 Å². The van der Waals surface area contributed by atoms with Crippen molar-refractivity contribution >= 4 is 63.7 Å². The number of aryl methyl sites for hydroxylation is 1. The maximum atomic E-state index is 12.6. The van der Waals surface area contributed by atoms with Gasteiger partial charge in [0, 0.05) is 23.6 Å². The normalized spacial score (nSPS) is 14.8. The van der Waals surface area contributed by atoms with Gasteiger partial charge < -0.3 is 0 Å². The molecule has 0 saturated carbocycles. The second-order valence-corrected chi connectivity index (χ2v) is 8.97. The molecule has 1 fully saturated rings. The zero-order valence-corrected chi connectivity index (χ0v) is 19.1. The zero-order valence-electron chi connectivity index (χ0n) is 16.7. The number of carbonyl (C=O) groups is 3. The van der Waals surface area contributed by atoms with Crippen LogP contribution in [0.3, 0.4) is 0 Å². The van der Waals surface area contributed by atoms with E-state index >= 15 is 0 Å². The van der Waals surface area contributed by atoms with Crippen molar-refractivity contribution in [3.63, 3.8) is 0 Å². The zero-order chi connectivity index (χ0) is 22.4. The number of rotatable bonds is 6. The van der Waals surface area contributed by atoms with Gasteiger partial charge >= 0.3 is 0 Å². The van der Waals surface area contributed by atoms with Gasteiger partial charge in [-0.2, -0.15) is 0 Å². The summed E-state index contributed by atoms with van der Waals surface area (Å²) in [6, 6.07) is 14.3. The van der Waals surface area contributed by atoms with Crippen LogP contribution in [-0.2, 0) is 9.59 Å². The fraction of sp³-hybridized carbons (Fsp3) is 0.182. The third-order valence-corrected chi connectivity index (χ3v) is 6.05. The van der Waals surface area contributed by atoms with E-state index in [9.17, 15) is 14.4 Å². The summed E-state index contributed by atoms with van der Waals surface area (Å²) in [5, 5.41) is 0.430. The summed E-state index contributed by atoms with van der Waals surface area (Å²) in [5.41, 5.74) is 7.12. The van der Waals surface area contributed by atoms with Crippen molar-refractivity contribution in [1.29, 1.82) is 0 Å². The molecule has 31 heavy (non-hydrogen) atoms. The predicted octanol–water partition coefficient (Wildman–Crippen LogP) is 4.09. The van der Waals surface area contributed by atoms with Crippen LogP contribution in [0.1, 0.15) is 34.3 Å². The number of thioether (sulfide) groups is 1. The first-order valence-electron chi connectivity index (χ1n) is 9.50. The highest BCUT2D eigenvalue weighted by Crippen LogP contribution is 2.32. The average molecular weight is 474 g/mol. The van der Waals surface area contributed by atoms with E-state index in [4.69, 9.17) is 23.8 Å². The van der Waals surface area contributed by atoms with Crippen LogP contribution < -0.4 is 10.9 Å². The molecule has 0 spiro atoms. The van der Waals surface area contributed by atoms with Crippen LogP contribution >= 0.6 is 35.6 Å². The molecular formula is C22H20ClN3O3S2. The molecule has 1 aliphatic heterocycles. The molecule has 0 bridgehead atoms.